The number of likely N-dealkylation sites (tertiary alicyclic amines) is 1. The maximum Gasteiger partial charge on any atom is 0.326 e. The number of phenols is 1. The Morgan fingerprint density at radius 2 is 1.88 bits per heavy atom. The molecule has 1 aromatic heterocycles. The van der Waals surface area contributed by atoms with Crippen LogP contribution in [0.15, 0.2) is 21.3 Å². The van der Waals surface area contributed by atoms with Crippen molar-refractivity contribution in [3.05, 3.63) is 33.5 Å². The van der Waals surface area contributed by atoms with Crippen LogP contribution in [0.25, 0.3) is 11.0 Å². The molecule has 1 aliphatic heterocycles. The molecule has 1 aliphatic rings. The van der Waals surface area contributed by atoms with Crippen molar-refractivity contribution in [1.29, 1.82) is 0 Å². The van der Waals surface area contributed by atoms with Crippen LogP contribution >= 0.6 is 0 Å². The molecule has 0 bridgehead atoms. The lowest BCUT2D eigenvalue weighted by Gasteiger charge is -2.32. The number of benzene rings is 1. The van der Waals surface area contributed by atoms with Gasteiger partial charge in [0.25, 0.3) is 0 Å². The molecule has 25 heavy (non-hydrogen) atoms. The molecular weight excluding hydrogens is 320 g/mol. The van der Waals surface area contributed by atoms with E-state index in [0.717, 1.165) is 32.4 Å². The van der Waals surface area contributed by atoms with Crippen molar-refractivity contribution in [2.45, 2.75) is 40.0 Å². The van der Waals surface area contributed by atoms with Crippen LogP contribution in [0.4, 0.5) is 10.7 Å². The topological polar surface area (TPSA) is 74.0 Å². The van der Waals surface area contributed by atoms with Crippen LogP contribution < -0.4 is 10.3 Å². The van der Waals surface area contributed by atoms with E-state index in [4.69, 9.17) is 4.42 Å². The van der Waals surface area contributed by atoms with E-state index in [0.29, 0.717) is 28.6 Å². The predicted molar refractivity (Wildman–Crippen MR) is 97.5 cm³/mol. The summed E-state index contributed by atoms with van der Waals surface area (Å²) in [5.74, 6) is 0.333. The highest BCUT2D eigenvalue weighted by Crippen LogP contribution is 2.30. The van der Waals surface area contributed by atoms with Crippen LogP contribution in [-0.4, -0.2) is 35.7 Å². The second kappa shape index (κ2) is 6.78. The fourth-order valence-corrected chi connectivity index (χ4v) is 3.34. The van der Waals surface area contributed by atoms with Crippen molar-refractivity contribution in [3.63, 3.8) is 0 Å². The molecule has 0 aliphatic carbocycles. The number of urea groups is 1. The number of fused-ring (bicyclic) bond motifs is 1. The maximum absolute atomic E-state index is 12.9. The van der Waals surface area contributed by atoms with Gasteiger partial charge in [-0.05, 0) is 52.2 Å². The molecule has 0 radical (unpaired) electrons. The SMILES string of the molecule is CCN(C(=O)N1CCCCC1)c1oc2c(C)c(O)ccc2c(=O)c1C. The number of carbonyl (C=O) groups excluding carboxylic acids is 1. The van der Waals surface area contributed by atoms with Gasteiger partial charge in [0.2, 0.25) is 5.88 Å². The highest BCUT2D eigenvalue weighted by molar-refractivity contribution is 5.93. The van der Waals surface area contributed by atoms with Gasteiger partial charge in [0.15, 0.2) is 5.43 Å². The van der Waals surface area contributed by atoms with Crippen LogP contribution in [0, 0.1) is 13.8 Å². The summed E-state index contributed by atoms with van der Waals surface area (Å²) in [5.41, 5.74) is 1.06. The lowest BCUT2D eigenvalue weighted by atomic mass is 10.1. The third kappa shape index (κ3) is 2.97. The van der Waals surface area contributed by atoms with Gasteiger partial charge in [-0.2, -0.15) is 0 Å². The van der Waals surface area contributed by atoms with Crippen molar-refractivity contribution in [2.24, 2.45) is 0 Å². The Hall–Kier alpha value is -2.50. The summed E-state index contributed by atoms with van der Waals surface area (Å²) in [6, 6.07) is 2.92. The number of hydrogen-bond acceptors (Lipinski definition) is 4. The van der Waals surface area contributed by atoms with Gasteiger partial charge in [0.05, 0.1) is 10.9 Å². The number of rotatable bonds is 2. The number of aryl methyl sites for hydroxylation is 1. The molecule has 134 valence electrons. The second-order valence-electron chi connectivity index (χ2n) is 6.52. The van der Waals surface area contributed by atoms with Gasteiger partial charge in [-0.25, -0.2) is 4.79 Å². The maximum atomic E-state index is 12.9. The summed E-state index contributed by atoms with van der Waals surface area (Å²) in [4.78, 5) is 29.0. The minimum Gasteiger partial charge on any atom is -0.508 e. The summed E-state index contributed by atoms with van der Waals surface area (Å²) in [6.07, 6.45) is 3.13. The van der Waals surface area contributed by atoms with Crippen LogP contribution in [0.5, 0.6) is 5.75 Å². The van der Waals surface area contributed by atoms with E-state index in [-0.39, 0.29) is 23.1 Å². The predicted octanol–water partition coefficient (Wildman–Crippen LogP) is 3.55. The Morgan fingerprint density at radius 3 is 2.52 bits per heavy atom. The van der Waals surface area contributed by atoms with Gasteiger partial charge in [0.1, 0.15) is 11.3 Å². The van der Waals surface area contributed by atoms with Crippen molar-refractivity contribution >= 4 is 22.9 Å². The zero-order valence-corrected chi connectivity index (χ0v) is 15.0. The van der Waals surface area contributed by atoms with Crippen LogP contribution in [0.2, 0.25) is 0 Å². The molecule has 0 spiro atoms. The fraction of sp³-hybridized carbons (Fsp3) is 0.474. The quantitative estimate of drug-likeness (QED) is 0.904. The molecule has 0 unspecified atom stereocenters. The normalized spacial score (nSPS) is 14.8. The van der Waals surface area contributed by atoms with Crippen LogP contribution in [0.3, 0.4) is 0 Å². The van der Waals surface area contributed by atoms with E-state index in [9.17, 15) is 14.7 Å². The number of hydrogen-bond donors (Lipinski definition) is 1. The van der Waals surface area contributed by atoms with Gasteiger partial charge in [0, 0.05) is 25.2 Å². The van der Waals surface area contributed by atoms with Crippen LogP contribution in [-0.2, 0) is 0 Å². The molecule has 1 N–H and O–H groups in total. The smallest absolute Gasteiger partial charge is 0.326 e. The summed E-state index contributed by atoms with van der Waals surface area (Å²) in [7, 11) is 0. The Balaban J connectivity index is 2.12. The first-order chi connectivity index (χ1) is 12.0. The summed E-state index contributed by atoms with van der Waals surface area (Å²) >= 11 is 0. The summed E-state index contributed by atoms with van der Waals surface area (Å²) in [6.45, 7) is 7.10. The first-order valence-electron chi connectivity index (χ1n) is 8.78. The van der Waals surface area contributed by atoms with Gasteiger partial charge >= 0.3 is 6.03 Å². The molecule has 2 amide bonds. The third-order valence-electron chi connectivity index (χ3n) is 4.90. The minimum absolute atomic E-state index is 0.0656. The number of anilines is 1. The van der Waals surface area contributed by atoms with Crippen molar-refractivity contribution in [2.75, 3.05) is 24.5 Å². The summed E-state index contributed by atoms with van der Waals surface area (Å²) in [5, 5.41) is 10.3. The molecule has 6 nitrogen and oxygen atoms in total. The number of carbonyl (C=O) groups is 1. The van der Waals surface area contributed by atoms with E-state index < -0.39 is 0 Å². The average Bonchev–Trinajstić information content (AvgIpc) is 2.63. The Bertz CT molecular complexity index is 866. The van der Waals surface area contributed by atoms with Gasteiger partial charge in [-0.3, -0.25) is 9.69 Å². The second-order valence-corrected chi connectivity index (χ2v) is 6.52. The molecule has 1 saturated heterocycles. The van der Waals surface area contributed by atoms with Gasteiger partial charge < -0.3 is 14.4 Å². The molecular formula is C19H24N2O4. The Kier molecular flexibility index (Phi) is 4.70. The molecule has 0 saturated carbocycles. The molecule has 1 fully saturated rings. The number of nitrogens with zero attached hydrogens (tertiary/aromatic N) is 2. The zero-order valence-electron chi connectivity index (χ0n) is 15.0. The number of amides is 2. The Labute approximate surface area is 146 Å². The number of piperidine rings is 1. The highest BCUT2D eigenvalue weighted by Gasteiger charge is 2.27. The first-order valence-corrected chi connectivity index (χ1v) is 8.78. The first kappa shape index (κ1) is 17.3. The molecule has 2 heterocycles. The van der Waals surface area contributed by atoms with Crippen LogP contribution in [0.1, 0.15) is 37.3 Å². The third-order valence-corrected chi connectivity index (χ3v) is 4.90. The number of aromatic hydroxyl groups is 1. The average molecular weight is 344 g/mol. The fourth-order valence-electron chi connectivity index (χ4n) is 3.34. The molecule has 3 rings (SSSR count). The van der Waals surface area contributed by atoms with Gasteiger partial charge in [-0.1, -0.05) is 0 Å². The highest BCUT2D eigenvalue weighted by atomic mass is 16.4. The summed E-state index contributed by atoms with van der Waals surface area (Å²) < 4.78 is 5.97. The minimum atomic E-state index is -0.177. The van der Waals surface area contributed by atoms with E-state index in [1.54, 1.807) is 19.9 Å². The molecule has 6 heteroatoms. The number of phenolic OH excluding ortho intramolecular Hbond substituents is 1. The lowest BCUT2D eigenvalue weighted by molar-refractivity contribution is 0.192. The Morgan fingerprint density at radius 1 is 1.20 bits per heavy atom. The lowest BCUT2D eigenvalue weighted by Crippen LogP contribution is -2.46. The van der Waals surface area contributed by atoms with Crippen molar-refractivity contribution in [3.8, 4) is 5.75 Å². The zero-order chi connectivity index (χ0) is 18.1. The van der Waals surface area contributed by atoms with E-state index in [1.807, 2.05) is 11.8 Å². The largest absolute Gasteiger partial charge is 0.508 e. The molecule has 0 atom stereocenters. The molecule has 1 aromatic carbocycles. The standard InChI is InChI=1S/C19H24N2O4/c1-4-21(19(24)20-10-6-5-7-11-20)18-13(3)16(23)14-8-9-15(22)12(2)17(14)25-18/h8-9,22H,4-7,10-11H2,1-3H3. The monoisotopic (exact) mass is 344 g/mol. The van der Waals surface area contributed by atoms with Gasteiger partial charge in [-0.15, -0.1) is 0 Å². The molecule has 2 aromatic rings. The van der Waals surface area contributed by atoms with E-state index in [1.165, 1.54) is 11.0 Å². The van der Waals surface area contributed by atoms with Crippen molar-refractivity contribution in [1.82, 2.24) is 4.90 Å². The van der Waals surface area contributed by atoms with Crippen molar-refractivity contribution < 1.29 is 14.3 Å². The van der Waals surface area contributed by atoms with E-state index >= 15 is 0 Å². The van der Waals surface area contributed by atoms with E-state index in [2.05, 4.69) is 0 Å².